The highest BCUT2D eigenvalue weighted by atomic mass is 16.5. The van der Waals surface area contributed by atoms with Gasteiger partial charge in [-0.3, -0.25) is 4.79 Å². The van der Waals surface area contributed by atoms with Crippen molar-refractivity contribution in [2.45, 2.75) is 24.9 Å². The van der Waals surface area contributed by atoms with E-state index in [0.29, 0.717) is 42.1 Å². The van der Waals surface area contributed by atoms with Crippen LogP contribution in [0.5, 0.6) is 0 Å². The lowest BCUT2D eigenvalue weighted by Crippen LogP contribution is -2.35. The summed E-state index contributed by atoms with van der Waals surface area (Å²) < 4.78 is 7.05. The van der Waals surface area contributed by atoms with Crippen molar-refractivity contribution in [3.05, 3.63) is 48.4 Å². The number of nitrogen functional groups attached to an aromatic ring is 1. The van der Waals surface area contributed by atoms with Gasteiger partial charge in [0.15, 0.2) is 5.65 Å². The number of nitrogens with one attached hydrogen (secondary N) is 1. The van der Waals surface area contributed by atoms with E-state index in [9.17, 15) is 4.79 Å². The fraction of sp³-hybridized carbons (Fsp3) is 0.304. The van der Waals surface area contributed by atoms with Crippen molar-refractivity contribution in [3.8, 4) is 11.8 Å². The molecule has 0 radical (unpaired) electrons. The van der Waals surface area contributed by atoms with Crippen molar-refractivity contribution in [2.24, 2.45) is 0 Å². The number of likely N-dealkylation sites (tertiary alicyclic amines) is 1. The monoisotopic (exact) mass is 457 g/mol. The summed E-state index contributed by atoms with van der Waals surface area (Å²) in [4.78, 5) is 22.9. The predicted octanol–water partition coefficient (Wildman–Crippen LogP) is 1.44. The van der Waals surface area contributed by atoms with Gasteiger partial charge in [-0.25, -0.2) is 14.6 Å². The topological polar surface area (TPSA) is 141 Å². The van der Waals surface area contributed by atoms with Gasteiger partial charge in [0.25, 0.3) is 0 Å². The number of anilines is 1. The summed E-state index contributed by atoms with van der Waals surface area (Å²) in [6.45, 7) is 4.68. The van der Waals surface area contributed by atoms with Gasteiger partial charge < -0.3 is 15.4 Å². The van der Waals surface area contributed by atoms with E-state index in [1.54, 1.807) is 7.11 Å². The lowest BCUT2D eigenvalue weighted by atomic mass is 10.1. The van der Waals surface area contributed by atoms with Gasteiger partial charge in [-0.15, -0.1) is 0 Å². The summed E-state index contributed by atoms with van der Waals surface area (Å²) in [5.41, 5.74) is 9.53. The molecule has 1 saturated heterocycles. The number of amides is 1. The van der Waals surface area contributed by atoms with Gasteiger partial charge in [0.1, 0.15) is 28.9 Å². The Balaban J connectivity index is 1.53. The van der Waals surface area contributed by atoms with Crippen molar-refractivity contribution < 1.29 is 9.53 Å². The standard InChI is InChI=1S/C23H23N9O2/c1-3-20(33)31-12-16(11-15(31)8-9-34-2)32-23-21(22(24)25-13-26-23)18(29-32)7-5-14-4-6-17-19(10-14)28-30-27-17/h3-4,6,10,13,15-16H,1,8-9,11-12H2,2H3,(H2,24,25,26)(H,27,28,30)/t15-,16?/m0/s1. The molecule has 0 bridgehead atoms. The van der Waals surface area contributed by atoms with Gasteiger partial charge in [-0.05, 0) is 43.0 Å². The van der Waals surface area contributed by atoms with E-state index < -0.39 is 0 Å². The first kappa shape index (κ1) is 21.5. The van der Waals surface area contributed by atoms with Gasteiger partial charge in [0.05, 0.1) is 11.4 Å². The van der Waals surface area contributed by atoms with Crippen molar-refractivity contribution >= 4 is 33.8 Å². The number of hydrogen-bond donors (Lipinski definition) is 2. The number of ether oxygens (including phenoxy) is 1. The Labute approximate surface area is 195 Å². The molecule has 34 heavy (non-hydrogen) atoms. The van der Waals surface area contributed by atoms with E-state index in [1.165, 1.54) is 12.4 Å². The average molecular weight is 457 g/mol. The molecule has 4 aromatic rings. The van der Waals surface area contributed by atoms with Crippen LogP contribution in [0.3, 0.4) is 0 Å². The van der Waals surface area contributed by atoms with Gasteiger partial charge in [0.2, 0.25) is 5.91 Å². The predicted molar refractivity (Wildman–Crippen MR) is 125 cm³/mol. The van der Waals surface area contributed by atoms with E-state index >= 15 is 0 Å². The molecule has 5 rings (SSSR count). The van der Waals surface area contributed by atoms with Gasteiger partial charge >= 0.3 is 0 Å². The maximum absolute atomic E-state index is 12.5. The molecule has 1 aliphatic rings. The SMILES string of the molecule is C=CC(=O)N1CC(n2nc(C#Cc3ccc4n[nH]nc4c3)c3c(N)ncnc32)C[C@@H]1CCOC. The number of nitrogens with zero attached hydrogens (tertiary/aromatic N) is 7. The first-order valence-corrected chi connectivity index (χ1v) is 10.8. The molecule has 3 aromatic heterocycles. The van der Waals surface area contributed by atoms with Crippen molar-refractivity contribution in [1.82, 2.24) is 40.1 Å². The first-order chi connectivity index (χ1) is 16.6. The molecule has 0 spiro atoms. The Kier molecular flexibility index (Phi) is 5.65. The van der Waals surface area contributed by atoms with Crippen molar-refractivity contribution in [2.75, 3.05) is 26.0 Å². The largest absolute Gasteiger partial charge is 0.385 e. The van der Waals surface area contributed by atoms with E-state index in [2.05, 4.69) is 43.8 Å². The number of fused-ring (bicyclic) bond motifs is 2. The second-order valence-electron chi connectivity index (χ2n) is 8.05. The normalized spacial score (nSPS) is 17.7. The maximum atomic E-state index is 12.5. The van der Waals surface area contributed by atoms with Crippen LogP contribution in [0.25, 0.3) is 22.1 Å². The molecule has 1 unspecified atom stereocenters. The number of aromatic amines is 1. The number of carbonyl (C=O) groups is 1. The zero-order valence-corrected chi connectivity index (χ0v) is 18.6. The summed E-state index contributed by atoms with van der Waals surface area (Å²) >= 11 is 0. The minimum atomic E-state index is -0.113. The van der Waals surface area contributed by atoms with Crippen LogP contribution in [0.15, 0.2) is 37.2 Å². The van der Waals surface area contributed by atoms with E-state index in [1.807, 2.05) is 27.8 Å². The van der Waals surface area contributed by atoms with Crippen LogP contribution in [0.2, 0.25) is 0 Å². The highest BCUT2D eigenvalue weighted by Crippen LogP contribution is 2.33. The molecule has 1 aliphatic heterocycles. The molecule has 2 atom stereocenters. The molecule has 0 aliphatic carbocycles. The van der Waals surface area contributed by atoms with E-state index in [0.717, 1.165) is 23.0 Å². The first-order valence-electron chi connectivity index (χ1n) is 10.8. The second kappa shape index (κ2) is 8.92. The van der Waals surface area contributed by atoms with Crippen LogP contribution >= 0.6 is 0 Å². The third-order valence-corrected chi connectivity index (χ3v) is 6.01. The molecule has 172 valence electrons. The van der Waals surface area contributed by atoms with E-state index in [-0.39, 0.29) is 18.0 Å². The van der Waals surface area contributed by atoms with Crippen molar-refractivity contribution in [1.29, 1.82) is 0 Å². The summed E-state index contributed by atoms with van der Waals surface area (Å²) in [6.07, 6.45) is 4.18. The van der Waals surface area contributed by atoms with E-state index in [4.69, 9.17) is 15.6 Å². The van der Waals surface area contributed by atoms with Crippen molar-refractivity contribution in [3.63, 3.8) is 0 Å². The molecule has 4 heterocycles. The van der Waals surface area contributed by atoms with Crippen LogP contribution in [0, 0.1) is 11.8 Å². The Hall–Kier alpha value is -4.30. The Bertz CT molecular complexity index is 1450. The average Bonchev–Trinajstić information content (AvgIpc) is 3.57. The van der Waals surface area contributed by atoms with Gasteiger partial charge in [-0.1, -0.05) is 12.5 Å². The Morgan fingerprint density at radius 3 is 3.00 bits per heavy atom. The zero-order chi connectivity index (χ0) is 23.7. The smallest absolute Gasteiger partial charge is 0.246 e. The summed E-state index contributed by atoms with van der Waals surface area (Å²) in [5, 5.41) is 16.1. The van der Waals surface area contributed by atoms with Gasteiger partial charge in [-0.2, -0.15) is 20.5 Å². The molecule has 11 nitrogen and oxygen atoms in total. The maximum Gasteiger partial charge on any atom is 0.246 e. The summed E-state index contributed by atoms with van der Waals surface area (Å²) in [6, 6.07) is 5.48. The highest BCUT2D eigenvalue weighted by Gasteiger charge is 2.36. The number of rotatable bonds is 5. The van der Waals surface area contributed by atoms with Crippen LogP contribution < -0.4 is 5.73 Å². The number of benzene rings is 1. The van der Waals surface area contributed by atoms with Crippen LogP contribution in [0.4, 0.5) is 5.82 Å². The summed E-state index contributed by atoms with van der Waals surface area (Å²) in [7, 11) is 1.65. The zero-order valence-electron chi connectivity index (χ0n) is 18.6. The molecule has 0 saturated carbocycles. The Morgan fingerprint density at radius 1 is 1.32 bits per heavy atom. The molecule has 1 fully saturated rings. The summed E-state index contributed by atoms with van der Waals surface area (Å²) in [5.74, 6) is 6.44. The van der Waals surface area contributed by atoms with Gasteiger partial charge in [0, 0.05) is 31.9 Å². The third-order valence-electron chi connectivity index (χ3n) is 6.01. The Morgan fingerprint density at radius 2 is 2.18 bits per heavy atom. The highest BCUT2D eigenvalue weighted by molar-refractivity contribution is 5.91. The quantitative estimate of drug-likeness (QED) is 0.339. The third kappa shape index (κ3) is 3.84. The second-order valence-corrected chi connectivity index (χ2v) is 8.05. The number of hydrogen-bond acceptors (Lipinski definition) is 8. The molecule has 11 heteroatoms. The number of methoxy groups -OCH3 is 1. The minimum absolute atomic E-state index is 0.0117. The molecule has 3 N–H and O–H groups in total. The molecular weight excluding hydrogens is 434 g/mol. The van der Waals surface area contributed by atoms with Crippen LogP contribution in [-0.4, -0.2) is 72.3 Å². The van der Waals surface area contributed by atoms with Crippen LogP contribution in [0.1, 0.15) is 30.1 Å². The molecular formula is C23H23N9O2. The molecule has 1 amide bonds. The minimum Gasteiger partial charge on any atom is -0.385 e. The van der Waals surface area contributed by atoms with Crippen LogP contribution in [-0.2, 0) is 9.53 Å². The fourth-order valence-electron chi connectivity index (χ4n) is 4.37. The lowest BCUT2D eigenvalue weighted by molar-refractivity contribution is -0.127. The lowest BCUT2D eigenvalue weighted by Gasteiger charge is -2.22. The number of nitrogens with two attached hydrogens (primary N) is 1. The number of aromatic nitrogens is 7. The fourth-order valence-corrected chi connectivity index (χ4v) is 4.37. The molecule has 1 aromatic carbocycles. The number of H-pyrrole nitrogens is 1. The number of carbonyl (C=O) groups excluding carboxylic acids is 1.